The molecule has 2 aliphatic heterocycles. The lowest BCUT2D eigenvalue weighted by Crippen LogP contribution is -2.62. The third-order valence-corrected chi connectivity index (χ3v) is 6.63. The lowest BCUT2D eigenvalue weighted by molar-refractivity contribution is -0.151. The number of hydrogen-bond acceptors (Lipinski definition) is 9. The molecular weight excluding hydrogens is 522 g/mol. The third-order valence-electron chi connectivity index (χ3n) is 6.63. The van der Waals surface area contributed by atoms with Gasteiger partial charge in [0.1, 0.15) is 23.9 Å². The molecule has 216 valence electrons. The number of amides is 5. The normalized spacial score (nSPS) is 18.4. The van der Waals surface area contributed by atoms with E-state index >= 15 is 0 Å². The Balaban J connectivity index is 1.72. The van der Waals surface area contributed by atoms with Gasteiger partial charge in [0.2, 0.25) is 11.8 Å². The van der Waals surface area contributed by atoms with Crippen LogP contribution >= 0.6 is 0 Å². The molecule has 13 nitrogen and oxygen atoms in total. The molecule has 0 aromatic heterocycles. The predicted molar refractivity (Wildman–Crippen MR) is 141 cm³/mol. The zero-order valence-corrected chi connectivity index (χ0v) is 22.7. The Bertz CT molecular complexity index is 1170. The summed E-state index contributed by atoms with van der Waals surface area (Å²) in [4.78, 5) is 76.1. The van der Waals surface area contributed by atoms with Crippen LogP contribution in [0, 0.1) is 5.92 Å². The maximum absolute atomic E-state index is 13.6. The SMILES string of the molecule is COC(=O)C1CCCN(C(=O)C(Cc2cccc(O)c2)NC(=O)C(NC(=O)CCN2C(=O)C=CC2=O)C(C)C)N1. The van der Waals surface area contributed by atoms with E-state index in [1.807, 2.05) is 0 Å². The Morgan fingerprint density at radius 3 is 2.45 bits per heavy atom. The molecule has 0 radical (unpaired) electrons. The molecule has 0 spiro atoms. The van der Waals surface area contributed by atoms with Crippen molar-refractivity contribution in [2.75, 3.05) is 20.2 Å². The van der Waals surface area contributed by atoms with Gasteiger partial charge < -0.3 is 20.5 Å². The van der Waals surface area contributed by atoms with E-state index in [-0.39, 0.29) is 31.1 Å². The molecule has 40 heavy (non-hydrogen) atoms. The molecule has 5 amide bonds. The number of benzene rings is 1. The van der Waals surface area contributed by atoms with Gasteiger partial charge in [0.15, 0.2) is 0 Å². The Labute approximate surface area is 231 Å². The molecule has 0 saturated carbocycles. The monoisotopic (exact) mass is 557 g/mol. The summed E-state index contributed by atoms with van der Waals surface area (Å²) in [5.41, 5.74) is 3.45. The zero-order valence-electron chi connectivity index (χ0n) is 22.7. The standard InChI is InChI=1S/C27H35N5O8/c1-16(2)24(29-21(34)11-13-31-22(35)9-10-23(31)36)25(37)28-20(15-17-6-4-7-18(33)14-17)26(38)32-12-5-8-19(30-32)27(39)40-3/h4,6-7,9-10,14,16,19-20,24,30,33H,5,8,11-13,15H2,1-3H3,(H,28,37)(H,29,34). The van der Waals surface area contributed by atoms with E-state index in [0.29, 0.717) is 24.9 Å². The van der Waals surface area contributed by atoms with E-state index in [1.54, 1.807) is 26.0 Å². The van der Waals surface area contributed by atoms with Gasteiger partial charge in [-0.05, 0) is 36.5 Å². The minimum absolute atomic E-state index is 0.00522. The fourth-order valence-electron chi connectivity index (χ4n) is 4.47. The first-order valence-electron chi connectivity index (χ1n) is 13.1. The van der Waals surface area contributed by atoms with Crippen LogP contribution in [-0.2, 0) is 39.9 Å². The fraction of sp³-hybridized carbons (Fsp3) is 0.481. The summed E-state index contributed by atoms with van der Waals surface area (Å²) in [5.74, 6) is -3.56. The minimum atomic E-state index is -1.10. The molecule has 1 fully saturated rings. The van der Waals surface area contributed by atoms with Crippen LogP contribution in [-0.4, -0.2) is 88.8 Å². The number of carbonyl (C=O) groups excluding carboxylic acids is 6. The van der Waals surface area contributed by atoms with E-state index < -0.39 is 53.6 Å². The molecular formula is C27H35N5O8. The number of hydrazine groups is 1. The number of ether oxygens (including phenoxy) is 1. The Kier molecular flexibility index (Phi) is 10.4. The van der Waals surface area contributed by atoms with Gasteiger partial charge in [0.05, 0.1) is 7.11 Å². The number of nitrogens with one attached hydrogen (secondary N) is 3. The molecule has 3 atom stereocenters. The number of hydrogen-bond donors (Lipinski definition) is 4. The Hall–Kier alpha value is -4.26. The van der Waals surface area contributed by atoms with Gasteiger partial charge in [-0.25, -0.2) is 5.43 Å². The highest BCUT2D eigenvalue weighted by atomic mass is 16.5. The van der Waals surface area contributed by atoms with Crippen molar-refractivity contribution < 1.29 is 38.6 Å². The number of phenols is 1. The minimum Gasteiger partial charge on any atom is -0.508 e. The number of imide groups is 1. The van der Waals surface area contributed by atoms with Gasteiger partial charge in [-0.2, -0.15) is 0 Å². The van der Waals surface area contributed by atoms with Crippen LogP contribution in [0.1, 0.15) is 38.7 Å². The van der Waals surface area contributed by atoms with Crippen molar-refractivity contribution in [3.8, 4) is 5.75 Å². The van der Waals surface area contributed by atoms with Crippen molar-refractivity contribution in [2.24, 2.45) is 5.92 Å². The maximum atomic E-state index is 13.6. The molecule has 3 rings (SSSR count). The fourth-order valence-corrected chi connectivity index (χ4v) is 4.47. The van der Waals surface area contributed by atoms with Gasteiger partial charge in [0, 0.05) is 38.1 Å². The average molecular weight is 558 g/mol. The number of methoxy groups -OCH3 is 1. The third kappa shape index (κ3) is 7.88. The summed E-state index contributed by atoms with van der Waals surface area (Å²) in [6, 6.07) is 3.44. The van der Waals surface area contributed by atoms with E-state index in [2.05, 4.69) is 16.1 Å². The number of rotatable bonds is 11. The van der Waals surface area contributed by atoms with Crippen molar-refractivity contribution in [3.63, 3.8) is 0 Å². The molecule has 1 saturated heterocycles. The molecule has 2 heterocycles. The smallest absolute Gasteiger partial charge is 0.324 e. The van der Waals surface area contributed by atoms with Crippen molar-refractivity contribution >= 4 is 35.5 Å². The van der Waals surface area contributed by atoms with E-state index in [1.165, 1.54) is 24.3 Å². The van der Waals surface area contributed by atoms with Crippen LogP contribution in [0.2, 0.25) is 0 Å². The highest BCUT2D eigenvalue weighted by molar-refractivity contribution is 6.13. The summed E-state index contributed by atoms with van der Waals surface area (Å²) in [5, 5.41) is 16.5. The highest BCUT2D eigenvalue weighted by Crippen LogP contribution is 2.16. The van der Waals surface area contributed by atoms with Crippen LogP contribution in [0.15, 0.2) is 36.4 Å². The summed E-state index contributed by atoms with van der Waals surface area (Å²) in [7, 11) is 1.26. The highest BCUT2D eigenvalue weighted by Gasteiger charge is 2.35. The molecule has 0 bridgehead atoms. The van der Waals surface area contributed by atoms with Gasteiger partial charge in [-0.15, -0.1) is 0 Å². The molecule has 4 N–H and O–H groups in total. The Morgan fingerprint density at radius 2 is 1.82 bits per heavy atom. The second-order valence-electron chi connectivity index (χ2n) is 9.97. The summed E-state index contributed by atoms with van der Waals surface area (Å²) >= 11 is 0. The lowest BCUT2D eigenvalue weighted by Gasteiger charge is -2.35. The van der Waals surface area contributed by atoms with Gasteiger partial charge in [-0.3, -0.25) is 38.7 Å². The molecule has 2 aliphatic rings. The molecule has 3 unspecified atom stereocenters. The predicted octanol–water partition coefficient (Wildman–Crippen LogP) is -0.456. The van der Waals surface area contributed by atoms with Gasteiger partial charge in [-0.1, -0.05) is 26.0 Å². The van der Waals surface area contributed by atoms with Crippen molar-refractivity contribution in [3.05, 3.63) is 42.0 Å². The number of nitrogens with zero attached hydrogens (tertiary/aromatic N) is 2. The quantitative estimate of drug-likeness (QED) is 0.207. The first kappa shape index (κ1) is 30.3. The van der Waals surface area contributed by atoms with Gasteiger partial charge in [0.25, 0.3) is 17.7 Å². The summed E-state index contributed by atoms with van der Waals surface area (Å²) < 4.78 is 4.79. The number of phenolic OH excluding ortho intramolecular Hbond substituents is 1. The Morgan fingerprint density at radius 1 is 1.12 bits per heavy atom. The number of esters is 1. The first-order chi connectivity index (χ1) is 19.0. The molecule has 0 aliphatic carbocycles. The number of aromatic hydroxyl groups is 1. The van der Waals surface area contributed by atoms with E-state index in [4.69, 9.17) is 4.74 Å². The van der Waals surface area contributed by atoms with Crippen LogP contribution in [0.5, 0.6) is 5.75 Å². The van der Waals surface area contributed by atoms with Crippen LogP contribution in [0.3, 0.4) is 0 Å². The maximum Gasteiger partial charge on any atom is 0.324 e. The first-order valence-corrected chi connectivity index (χ1v) is 13.1. The second kappa shape index (κ2) is 13.7. The lowest BCUT2D eigenvalue weighted by atomic mass is 10.00. The van der Waals surface area contributed by atoms with Crippen molar-refractivity contribution in [2.45, 2.75) is 57.7 Å². The van der Waals surface area contributed by atoms with Crippen LogP contribution < -0.4 is 16.1 Å². The van der Waals surface area contributed by atoms with Gasteiger partial charge >= 0.3 is 5.97 Å². The molecule has 1 aromatic carbocycles. The van der Waals surface area contributed by atoms with E-state index in [9.17, 15) is 33.9 Å². The summed E-state index contributed by atoms with van der Waals surface area (Å²) in [6.45, 7) is 3.61. The van der Waals surface area contributed by atoms with Crippen LogP contribution in [0.25, 0.3) is 0 Å². The zero-order chi connectivity index (χ0) is 29.4. The average Bonchev–Trinajstić information content (AvgIpc) is 3.25. The largest absolute Gasteiger partial charge is 0.508 e. The number of carbonyl (C=O) groups is 6. The second-order valence-corrected chi connectivity index (χ2v) is 9.97. The topological polar surface area (TPSA) is 174 Å². The summed E-state index contributed by atoms with van der Waals surface area (Å²) in [6.07, 6.45) is 3.09. The molecule has 13 heteroatoms. The van der Waals surface area contributed by atoms with E-state index in [0.717, 1.165) is 17.1 Å². The van der Waals surface area contributed by atoms with Crippen molar-refractivity contribution in [1.82, 2.24) is 26.0 Å². The molecule has 1 aromatic rings. The van der Waals surface area contributed by atoms with Crippen molar-refractivity contribution in [1.29, 1.82) is 0 Å². The van der Waals surface area contributed by atoms with Crippen LogP contribution in [0.4, 0.5) is 0 Å².